The summed E-state index contributed by atoms with van der Waals surface area (Å²) in [5, 5.41) is 11.6. The highest BCUT2D eigenvalue weighted by Gasteiger charge is 2.48. The number of rotatable bonds is 2. The van der Waals surface area contributed by atoms with Gasteiger partial charge in [-0.05, 0) is 12.8 Å². The summed E-state index contributed by atoms with van der Waals surface area (Å²) in [6.07, 6.45) is -1.17. The number of allylic oxidation sites excluding steroid dienone is 3. The minimum absolute atomic E-state index is 0.0703. The molecule has 1 aliphatic carbocycles. The van der Waals surface area contributed by atoms with Crippen molar-refractivity contribution in [1.29, 1.82) is 0 Å². The van der Waals surface area contributed by atoms with Crippen molar-refractivity contribution < 1.29 is 27.9 Å². The van der Waals surface area contributed by atoms with Crippen molar-refractivity contribution in [3.63, 3.8) is 0 Å². The van der Waals surface area contributed by atoms with Crippen LogP contribution < -0.4 is 5.32 Å². The molecule has 1 aliphatic heterocycles. The van der Waals surface area contributed by atoms with Crippen LogP contribution in [0.3, 0.4) is 0 Å². The summed E-state index contributed by atoms with van der Waals surface area (Å²) in [6.45, 7) is 0. The molecule has 1 aromatic rings. The summed E-state index contributed by atoms with van der Waals surface area (Å²) in [5.74, 6) is -3.33. The first-order valence-corrected chi connectivity index (χ1v) is 7.27. The molecular weight excluding hydrogens is 327 g/mol. The maximum atomic E-state index is 13.4. The van der Waals surface area contributed by atoms with E-state index in [9.17, 15) is 27.9 Å². The number of carbonyl (C=O) groups is 2. The van der Waals surface area contributed by atoms with Crippen molar-refractivity contribution in [1.82, 2.24) is 14.9 Å². The standard InChI is InChI=1S/C15H14F3N3O3/c1-21-6-5-19-13(21)10-9-7(3-2-4-8(9)22)20-12(15(16,17)18)11(10)14(23)24/h5-6,10,20H,2-4H2,1H3,(H,23,24). The van der Waals surface area contributed by atoms with Gasteiger partial charge in [-0.1, -0.05) is 0 Å². The molecule has 1 aromatic heterocycles. The third-order valence-corrected chi connectivity index (χ3v) is 4.21. The molecule has 0 amide bonds. The number of carbonyl (C=O) groups excluding carboxylic acids is 1. The van der Waals surface area contributed by atoms with Gasteiger partial charge < -0.3 is 15.0 Å². The molecule has 0 aromatic carbocycles. The number of ketones is 1. The fraction of sp³-hybridized carbons (Fsp3) is 0.400. The number of hydrogen-bond acceptors (Lipinski definition) is 4. The second-order valence-corrected chi connectivity index (χ2v) is 5.71. The number of nitrogens with zero attached hydrogens (tertiary/aromatic N) is 2. The van der Waals surface area contributed by atoms with E-state index in [1.807, 2.05) is 0 Å². The summed E-state index contributed by atoms with van der Waals surface area (Å²) in [7, 11) is 1.55. The summed E-state index contributed by atoms with van der Waals surface area (Å²) in [4.78, 5) is 28.0. The summed E-state index contributed by atoms with van der Waals surface area (Å²) in [6, 6.07) is 0. The van der Waals surface area contributed by atoms with Gasteiger partial charge in [0.15, 0.2) is 5.78 Å². The molecule has 6 nitrogen and oxygen atoms in total. The van der Waals surface area contributed by atoms with E-state index < -0.39 is 29.3 Å². The lowest BCUT2D eigenvalue weighted by atomic mass is 9.78. The molecule has 1 unspecified atom stereocenters. The first kappa shape index (κ1) is 16.3. The molecule has 0 spiro atoms. The van der Waals surface area contributed by atoms with Crippen LogP contribution in [-0.2, 0) is 16.6 Å². The van der Waals surface area contributed by atoms with Crippen molar-refractivity contribution >= 4 is 11.8 Å². The molecule has 3 rings (SSSR count). The van der Waals surface area contributed by atoms with Gasteiger partial charge in [0.2, 0.25) is 0 Å². The molecule has 0 radical (unpaired) electrons. The predicted octanol–water partition coefficient (Wildman–Crippen LogP) is 2.01. The minimum Gasteiger partial charge on any atom is -0.478 e. The smallest absolute Gasteiger partial charge is 0.431 e. The molecule has 0 bridgehead atoms. The molecule has 0 saturated carbocycles. The number of alkyl halides is 3. The maximum absolute atomic E-state index is 13.4. The molecule has 0 fully saturated rings. The Kier molecular flexibility index (Phi) is 3.73. The van der Waals surface area contributed by atoms with Crippen LogP contribution in [0.25, 0.3) is 0 Å². The zero-order chi connectivity index (χ0) is 17.6. The highest BCUT2D eigenvalue weighted by Crippen LogP contribution is 2.44. The number of halogens is 3. The molecule has 2 heterocycles. The molecule has 2 aliphatic rings. The molecule has 128 valence electrons. The van der Waals surface area contributed by atoms with Gasteiger partial charge in [-0.15, -0.1) is 0 Å². The lowest BCUT2D eigenvalue weighted by Crippen LogP contribution is -2.40. The van der Waals surface area contributed by atoms with Crippen LogP contribution in [0.15, 0.2) is 34.9 Å². The number of nitrogens with one attached hydrogen (secondary N) is 1. The number of hydrogen-bond donors (Lipinski definition) is 2. The van der Waals surface area contributed by atoms with Gasteiger partial charge in [-0.3, -0.25) is 4.79 Å². The van der Waals surface area contributed by atoms with Gasteiger partial charge in [0.25, 0.3) is 0 Å². The summed E-state index contributed by atoms with van der Waals surface area (Å²) >= 11 is 0. The fourth-order valence-corrected chi connectivity index (χ4v) is 3.20. The summed E-state index contributed by atoms with van der Waals surface area (Å²) < 4.78 is 41.6. The number of aromatic nitrogens is 2. The third kappa shape index (κ3) is 2.49. The van der Waals surface area contributed by atoms with Gasteiger partial charge >= 0.3 is 12.1 Å². The Balaban J connectivity index is 2.30. The lowest BCUT2D eigenvalue weighted by Gasteiger charge is -2.34. The van der Waals surface area contributed by atoms with Gasteiger partial charge in [-0.2, -0.15) is 13.2 Å². The van der Waals surface area contributed by atoms with Crippen LogP contribution in [0, 0.1) is 0 Å². The van der Waals surface area contributed by atoms with E-state index in [1.54, 1.807) is 7.05 Å². The van der Waals surface area contributed by atoms with Crippen LogP contribution >= 0.6 is 0 Å². The Morgan fingerprint density at radius 3 is 2.67 bits per heavy atom. The van der Waals surface area contributed by atoms with E-state index in [0.29, 0.717) is 6.42 Å². The number of dihydropyridines is 1. The number of imidazole rings is 1. The Labute approximate surface area is 134 Å². The molecule has 1 atom stereocenters. The predicted molar refractivity (Wildman–Crippen MR) is 75.7 cm³/mol. The topological polar surface area (TPSA) is 84.2 Å². The molecule has 0 saturated heterocycles. The van der Waals surface area contributed by atoms with E-state index in [2.05, 4.69) is 10.3 Å². The van der Waals surface area contributed by atoms with Crippen LogP contribution in [-0.4, -0.2) is 32.6 Å². The Morgan fingerprint density at radius 2 is 2.12 bits per heavy atom. The number of aliphatic carboxylic acids is 1. The normalized spacial score (nSPS) is 21.7. The Hall–Kier alpha value is -2.58. The first-order chi connectivity index (χ1) is 11.2. The minimum atomic E-state index is -4.88. The van der Waals surface area contributed by atoms with Crippen molar-refractivity contribution in [3.8, 4) is 0 Å². The van der Waals surface area contributed by atoms with Crippen LogP contribution in [0.2, 0.25) is 0 Å². The van der Waals surface area contributed by atoms with E-state index in [0.717, 1.165) is 0 Å². The first-order valence-electron chi connectivity index (χ1n) is 7.27. The van der Waals surface area contributed by atoms with E-state index >= 15 is 0 Å². The van der Waals surface area contributed by atoms with Crippen LogP contribution in [0.4, 0.5) is 13.2 Å². The Morgan fingerprint density at radius 1 is 1.42 bits per heavy atom. The van der Waals surface area contributed by atoms with Crippen molar-refractivity contribution in [2.45, 2.75) is 31.4 Å². The monoisotopic (exact) mass is 341 g/mol. The van der Waals surface area contributed by atoms with E-state index in [-0.39, 0.29) is 35.7 Å². The largest absolute Gasteiger partial charge is 0.478 e. The fourth-order valence-electron chi connectivity index (χ4n) is 3.20. The number of Topliss-reactive ketones (excluding diaryl/α,β-unsaturated/α-hetero) is 1. The molecular formula is C15H14F3N3O3. The summed E-state index contributed by atoms with van der Waals surface area (Å²) in [5.41, 5.74) is -2.03. The third-order valence-electron chi connectivity index (χ3n) is 4.21. The second kappa shape index (κ2) is 5.50. The molecule has 2 N–H and O–H groups in total. The average molecular weight is 341 g/mol. The van der Waals surface area contributed by atoms with Crippen molar-refractivity contribution in [3.05, 3.63) is 40.8 Å². The van der Waals surface area contributed by atoms with Crippen LogP contribution in [0.1, 0.15) is 31.0 Å². The van der Waals surface area contributed by atoms with E-state index in [4.69, 9.17) is 0 Å². The lowest BCUT2D eigenvalue weighted by molar-refractivity contribution is -0.135. The SMILES string of the molecule is Cn1ccnc1C1C2=C(CCCC2=O)NC(C(F)(F)F)=C1C(=O)O. The number of aryl methyl sites for hydroxylation is 1. The van der Waals surface area contributed by atoms with Crippen molar-refractivity contribution in [2.24, 2.45) is 7.05 Å². The van der Waals surface area contributed by atoms with Crippen molar-refractivity contribution in [2.75, 3.05) is 0 Å². The highest BCUT2D eigenvalue weighted by molar-refractivity contribution is 6.03. The molecule has 9 heteroatoms. The average Bonchev–Trinajstić information content (AvgIpc) is 2.90. The van der Waals surface area contributed by atoms with Gasteiger partial charge in [0, 0.05) is 37.1 Å². The zero-order valence-corrected chi connectivity index (χ0v) is 12.6. The zero-order valence-electron chi connectivity index (χ0n) is 12.6. The van der Waals surface area contributed by atoms with E-state index in [1.165, 1.54) is 17.0 Å². The molecule has 24 heavy (non-hydrogen) atoms. The second-order valence-electron chi connectivity index (χ2n) is 5.71. The highest BCUT2D eigenvalue weighted by atomic mass is 19.4. The van der Waals surface area contributed by atoms with Crippen LogP contribution in [0.5, 0.6) is 0 Å². The van der Waals surface area contributed by atoms with Gasteiger partial charge in [-0.25, -0.2) is 9.78 Å². The van der Waals surface area contributed by atoms with Gasteiger partial charge in [0.05, 0.1) is 11.5 Å². The number of carboxylic acids is 1. The maximum Gasteiger partial charge on any atom is 0.431 e. The number of carboxylic acid groups (broad SMARTS) is 1. The van der Waals surface area contributed by atoms with Gasteiger partial charge in [0.1, 0.15) is 11.5 Å². The quantitative estimate of drug-likeness (QED) is 0.860. The Bertz CT molecular complexity index is 789.